The third-order valence-corrected chi connectivity index (χ3v) is 22.5. The number of hydrogen-bond donors (Lipinski definition) is 1. The summed E-state index contributed by atoms with van der Waals surface area (Å²) < 4.78 is 0. The number of primary amides is 1. The molecular formula is C62H87N19O13. The Morgan fingerprint density at radius 2 is 0.468 bits per heavy atom. The average Bonchev–Trinajstić information content (AvgIpc) is 1.61. The fourth-order valence-electron chi connectivity index (χ4n) is 18.0. The van der Waals surface area contributed by atoms with Crippen molar-refractivity contribution in [1.29, 1.82) is 0 Å². The molecule has 12 aliphatic rings. The van der Waals surface area contributed by atoms with E-state index in [1.807, 2.05) is 0 Å². The first kappa shape index (κ1) is 65.8. The Balaban J connectivity index is 0.677. The monoisotopic (exact) mass is 1310 g/mol. The molecule has 0 aromatic heterocycles. The summed E-state index contributed by atoms with van der Waals surface area (Å²) in [5.74, 6) is -5.49. The normalized spacial score (nSPS) is 32.5. The molecule has 0 radical (unpaired) electrons. The Morgan fingerprint density at radius 3 is 0.681 bits per heavy atom. The van der Waals surface area contributed by atoms with Crippen LogP contribution < -0.4 is 5.73 Å². The smallest absolute Gasteiger partial charge is 0.246 e. The van der Waals surface area contributed by atoms with E-state index in [1.165, 1.54) is 46.1 Å². The molecule has 12 heterocycles. The minimum absolute atomic E-state index is 0.0356. The van der Waals surface area contributed by atoms with Crippen LogP contribution in [-0.2, 0) is 62.3 Å². The van der Waals surface area contributed by atoms with Gasteiger partial charge in [-0.2, -0.15) is 0 Å². The number of azide groups is 2. The molecule has 13 amide bonds. The number of amides is 13. The van der Waals surface area contributed by atoms with Gasteiger partial charge in [-0.15, -0.1) is 0 Å². The lowest BCUT2D eigenvalue weighted by Gasteiger charge is -2.38. The van der Waals surface area contributed by atoms with Crippen molar-refractivity contribution in [3.05, 3.63) is 20.9 Å². The number of carbonyl (C=O) groups excluding carboxylic acids is 13. The third kappa shape index (κ3) is 12.1. The van der Waals surface area contributed by atoms with Gasteiger partial charge in [-0.25, -0.2) is 0 Å². The summed E-state index contributed by atoms with van der Waals surface area (Å²) in [6.07, 6.45) is 8.79. The van der Waals surface area contributed by atoms with E-state index < -0.39 is 126 Å². The molecule has 12 saturated heterocycles. The van der Waals surface area contributed by atoms with Crippen LogP contribution in [0.15, 0.2) is 10.2 Å². The zero-order chi connectivity index (χ0) is 66.4. The highest BCUT2D eigenvalue weighted by Gasteiger charge is 2.55. The highest BCUT2D eigenvalue weighted by molar-refractivity contribution is 6.01. The molecule has 0 saturated carbocycles. The largest absolute Gasteiger partial charge is 0.368 e. The Kier molecular flexibility index (Phi) is 19.3. The zero-order valence-electron chi connectivity index (χ0n) is 53.6. The highest BCUT2D eigenvalue weighted by Crippen LogP contribution is 2.37. The van der Waals surface area contributed by atoms with E-state index in [1.54, 1.807) is 19.6 Å². The molecule has 0 bridgehead atoms. The maximum Gasteiger partial charge on any atom is 0.246 e. The van der Waals surface area contributed by atoms with Gasteiger partial charge in [-0.1, -0.05) is 10.2 Å². The molecule has 0 aromatic carbocycles. The Hall–Kier alpha value is -8.27. The van der Waals surface area contributed by atoms with Crippen molar-refractivity contribution in [2.24, 2.45) is 16.0 Å². The minimum Gasteiger partial charge on any atom is -0.368 e. The maximum atomic E-state index is 15.0. The number of nitrogens with two attached hydrogens (primary N) is 1. The van der Waals surface area contributed by atoms with Crippen LogP contribution in [0.3, 0.4) is 0 Å². The van der Waals surface area contributed by atoms with Crippen molar-refractivity contribution >= 4 is 76.8 Å². The van der Waals surface area contributed by atoms with Crippen LogP contribution in [0.25, 0.3) is 20.9 Å². The molecule has 2 N–H and O–H groups in total. The molecule has 12 aliphatic heterocycles. The summed E-state index contributed by atoms with van der Waals surface area (Å²) in [5, 5.41) is 7.66. The van der Waals surface area contributed by atoms with Gasteiger partial charge < -0.3 is 64.5 Å². The van der Waals surface area contributed by atoms with Crippen molar-refractivity contribution in [2.45, 2.75) is 233 Å². The molecule has 0 spiro atoms. The summed E-state index contributed by atoms with van der Waals surface area (Å²) in [7, 11) is 0. The molecule has 0 unspecified atom stereocenters. The molecule has 32 nitrogen and oxygen atoms in total. The number of rotatable bonds is 14. The Bertz CT molecular complexity index is 3210. The van der Waals surface area contributed by atoms with Crippen molar-refractivity contribution < 1.29 is 62.3 Å². The van der Waals surface area contributed by atoms with Gasteiger partial charge in [0.15, 0.2) is 0 Å². The van der Waals surface area contributed by atoms with Crippen LogP contribution in [0.4, 0.5) is 0 Å². The van der Waals surface area contributed by atoms with Gasteiger partial charge >= 0.3 is 0 Å². The summed E-state index contributed by atoms with van der Waals surface area (Å²) in [5.41, 5.74) is 24.3. The van der Waals surface area contributed by atoms with Crippen molar-refractivity contribution in [3.63, 3.8) is 0 Å². The Labute approximate surface area is 544 Å². The summed E-state index contributed by atoms with van der Waals surface area (Å²) in [6, 6.07) is -12.4. The van der Waals surface area contributed by atoms with E-state index in [2.05, 4.69) is 20.1 Å². The average molecular weight is 1310 g/mol. The van der Waals surface area contributed by atoms with Gasteiger partial charge in [0, 0.05) is 95.3 Å². The molecule has 12 fully saturated rings. The molecule has 14 atom stereocenters. The van der Waals surface area contributed by atoms with E-state index in [0.717, 1.165) is 0 Å². The SMILES string of the molecule is CC(=O)N1C[C@H](N=[N+]=[N-])C[C@H]1C(=O)N1CCC[C@H]1C(=O)N1CCC[C@H]1C(=O)N1C[C@H](N=[N+]=[N-])C[C@H]1C(=O)N1CCC[C@H]1C(=O)N1CCC[C@H]1C(=O)N1CCC[C@H]1C(=O)N1CCC[C@H]1C(=O)N1CCC[C@H]1C(=O)N1CCC[C@H]1C(=O)N1CCC[C@H]1C(=O)N1CCC[C@H]1C(N)=O. The standard InChI is InChI=1S/C62H87N19O13/c1-36(82)80-34-37(66-68-64)32-49(80)61(93)78-30-9-19-46(78)59(91)77-29-11-21-48(77)60(92)81-35-38(67-69-65)33-50(81)62(94)79-31-10-20-47(79)58(90)76-28-8-18-45(76)57(89)75-27-7-17-44(75)56(88)74-26-6-16-43(74)55(87)73-25-5-15-42(73)54(86)72-24-4-14-41(72)53(85)71-23-3-13-40(71)52(84)70-22-2-12-39(70)51(63)83/h37-50H,2-35H2,1H3,(H2,63,83)/t37-,38-,39+,40+,41+,42+,43+,44+,45+,46+,47+,48+,49+,50+/m1/s1. The molecule has 12 rings (SSSR count). The molecular weight excluding hydrogens is 1220 g/mol. The third-order valence-electron chi connectivity index (χ3n) is 22.5. The first-order valence-electron chi connectivity index (χ1n) is 34.3. The summed E-state index contributed by atoms with van der Waals surface area (Å²) >= 11 is 0. The fourth-order valence-corrected chi connectivity index (χ4v) is 18.0. The predicted octanol–water partition coefficient (Wildman–Crippen LogP) is -0.0388. The maximum absolute atomic E-state index is 15.0. The lowest BCUT2D eigenvalue weighted by Crippen LogP contribution is -2.59. The van der Waals surface area contributed by atoms with Crippen molar-refractivity contribution in [1.82, 2.24) is 58.8 Å². The molecule has 508 valence electrons. The molecule has 94 heavy (non-hydrogen) atoms. The van der Waals surface area contributed by atoms with Crippen LogP contribution in [0.2, 0.25) is 0 Å². The highest BCUT2D eigenvalue weighted by atomic mass is 16.2. The van der Waals surface area contributed by atoms with E-state index in [4.69, 9.17) is 11.3 Å². The van der Waals surface area contributed by atoms with Crippen LogP contribution in [0.5, 0.6) is 0 Å². The number of hydrogen-bond acceptors (Lipinski definition) is 15. The quantitative estimate of drug-likeness (QED) is 0.136. The van der Waals surface area contributed by atoms with Gasteiger partial charge in [0.05, 0.1) is 12.1 Å². The summed E-state index contributed by atoms with van der Waals surface area (Å²) in [6.45, 7) is 3.90. The fraction of sp³-hybridized carbons (Fsp3) is 0.790. The van der Waals surface area contributed by atoms with E-state index in [-0.39, 0.29) is 120 Å². The first-order chi connectivity index (χ1) is 45.3. The van der Waals surface area contributed by atoms with Crippen LogP contribution >= 0.6 is 0 Å². The van der Waals surface area contributed by atoms with E-state index >= 15 is 4.79 Å². The lowest BCUT2D eigenvalue weighted by atomic mass is 10.1. The van der Waals surface area contributed by atoms with Crippen molar-refractivity contribution in [2.75, 3.05) is 78.5 Å². The van der Waals surface area contributed by atoms with E-state index in [9.17, 15) is 63.1 Å². The van der Waals surface area contributed by atoms with Gasteiger partial charge in [0.1, 0.15) is 72.5 Å². The summed E-state index contributed by atoms with van der Waals surface area (Å²) in [4.78, 5) is 210. The number of likely N-dealkylation sites (tertiary alicyclic amines) is 12. The van der Waals surface area contributed by atoms with Crippen molar-refractivity contribution in [3.8, 4) is 0 Å². The second-order valence-corrected chi connectivity index (χ2v) is 27.7. The van der Waals surface area contributed by atoms with Crippen LogP contribution in [-0.4, -0.2) is 299 Å². The molecule has 0 aliphatic carbocycles. The van der Waals surface area contributed by atoms with Crippen LogP contribution in [0.1, 0.15) is 148 Å². The van der Waals surface area contributed by atoms with Gasteiger partial charge in [-0.05, 0) is 152 Å². The zero-order valence-corrected chi connectivity index (χ0v) is 53.6. The van der Waals surface area contributed by atoms with E-state index in [0.29, 0.717) is 135 Å². The second kappa shape index (κ2) is 27.6. The van der Waals surface area contributed by atoms with Gasteiger partial charge in [-0.3, -0.25) is 62.3 Å². The lowest BCUT2D eigenvalue weighted by molar-refractivity contribution is -0.156. The first-order valence-corrected chi connectivity index (χ1v) is 34.3. The van der Waals surface area contributed by atoms with Gasteiger partial charge in [0.2, 0.25) is 76.8 Å². The number of nitrogens with zero attached hydrogens (tertiary/aromatic N) is 18. The molecule has 0 aromatic rings. The number of carbonyl (C=O) groups is 13. The molecule has 32 heteroatoms. The minimum atomic E-state index is -1.16. The van der Waals surface area contributed by atoms with Gasteiger partial charge in [0.25, 0.3) is 0 Å². The topological polar surface area (TPSA) is 384 Å². The second-order valence-electron chi connectivity index (χ2n) is 27.7. The predicted molar refractivity (Wildman–Crippen MR) is 328 cm³/mol. The Morgan fingerprint density at radius 1 is 0.287 bits per heavy atom. The van der Waals surface area contributed by atoms with Crippen LogP contribution in [0, 0.1) is 0 Å².